The molecule has 1 aromatic rings. The summed E-state index contributed by atoms with van der Waals surface area (Å²) in [6, 6.07) is 1.45. The van der Waals surface area contributed by atoms with Crippen LogP contribution in [0, 0.1) is 0 Å². The maximum atomic E-state index is 10.2. The Balaban J connectivity index is 2.96. The molecule has 0 saturated heterocycles. The van der Waals surface area contributed by atoms with Crippen LogP contribution in [0.3, 0.4) is 0 Å². The van der Waals surface area contributed by atoms with E-state index in [-0.39, 0.29) is 5.15 Å². The van der Waals surface area contributed by atoms with Crippen LogP contribution >= 0.6 is 23.2 Å². The lowest BCUT2D eigenvalue weighted by Gasteiger charge is -1.96. The van der Waals surface area contributed by atoms with E-state index in [4.69, 9.17) is 28.3 Å². The van der Waals surface area contributed by atoms with Gasteiger partial charge in [-0.15, -0.1) is 0 Å². The number of aromatic nitrogens is 1. The van der Waals surface area contributed by atoms with Gasteiger partial charge in [-0.3, -0.25) is 0 Å². The number of carbonyl (C=O) groups is 1. The first-order valence-corrected chi connectivity index (χ1v) is 4.07. The van der Waals surface area contributed by atoms with Crippen molar-refractivity contribution in [2.75, 3.05) is 0 Å². The molecule has 0 aliphatic carbocycles. The Bertz CT molecular complexity index is 363. The van der Waals surface area contributed by atoms with E-state index in [2.05, 4.69) is 4.98 Å². The summed E-state index contributed by atoms with van der Waals surface area (Å²) in [5.74, 6) is -1.04. The second kappa shape index (κ2) is 4.25. The number of rotatable bonds is 2. The Hall–Kier alpha value is -1.06. The minimum Gasteiger partial charge on any atom is -0.478 e. The normalized spacial score (nSPS) is 10.6. The topological polar surface area (TPSA) is 50.2 Å². The van der Waals surface area contributed by atoms with Crippen molar-refractivity contribution in [2.24, 2.45) is 0 Å². The first kappa shape index (κ1) is 10.0. The minimum atomic E-state index is -1.04. The van der Waals surface area contributed by atoms with E-state index in [0.29, 0.717) is 10.6 Å². The number of hydrogen-bond acceptors (Lipinski definition) is 2. The average Bonchev–Trinajstić information content (AvgIpc) is 2.02. The molecule has 1 N–H and O–H groups in total. The fourth-order valence-corrected chi connectivity index (χ4v) is 1.13. The Morgan fingerprint density at radius 1 is 1.54 bits per heavy atom. The Morgan fingerprint density at radius 3 is 2.77 bits per heavy atom. The molecule has 0 fully saturated rings. The lowest BCUT2D eigenvalue weighted by Crippen LogP contribution is -1.86. The van der Waals surface area contributed by atoms with Crippen molar-refractivity contribution in [3.8, 4) is 0 Å². The zero-order valence-corrected chi connectivity index (χ0v) is 7.88. The van der Waals surface area contributed by atoms with Gasteiger partial charge in [0, 0.05) is 17.8 Å². The summed E-state index contributed by atoms with van der Waals surface area (Å²) in [7, 11) is 0. The van der Waals surface area contributed by atoms with Crippen molar-refractivity contribution >= 4 is 35.2 Å². The molecule has 5 heteroatoms. The molecule has 1 rings (SSSR count). The quantitative estimate of drug-likeness (QED) is 0.612. The Morgan fingerprint density at radius 2 is 2.23 bits per heavy atom. The van der Waals surface area contributed by atoms with E-state index in [9.17, 15) is 4.79 Å². The van der Waals surface area contributed by atoms with E-state index in [1.54, 1.807) is 0 Å². The summed E-state index contributed by atoms with van der Waals surface area (Å²) in [4.78, 5) is 13.9. The van der Waals surface area contributed by atoms with Crippen LogP contribution in [0.5, 0.6) is 0 Å². The molecule has 0 aliphatic heterocycles. The summed E-state index contributed by atoms with van der Waals surface area (Å²) in [6.45, 7) is 0. The molecule has 3 nitrogen and oxygen atoms in total. The molecule has 0 atom stereocenters. The molecule has 0 saturated carbocycles. The predicted octanol–water partition coefficient (Wildman–Crippen LogP) is 2.49. The van der Waals surface area contributed by atoms with Crippen LogP contribution in [-0.2, 0) is 4.79 Å². The number of aliphatic carboxylic acids is 1. The van der Waals surface area contributed by atoms with Crippen LogP contribution in [0.1, 0.15) is 5.56 Å². The number of pyridine rings is 1. The third-order valence-electron chi connectivity index (χ3n) is 1.25. The van der Waals surface area contributed by atoms with Gasteiger partial charge in [-0.2, -0.15) is 0 Å². The van der Waals surface area contributed by atoms with Gasteiger partial charge in [0.25, 0.3) is 0 Å². The molecule has 13 heavy (non-hydrogen) atoms. The fraction of sp³-hybridized carbons (Fsp3) is 0. The third kappa shape index (κ3) is 3.05. The molecule has 0 aromatic carbocycles. The SMILES string of the molecule is O=C(O)C=Cc1cnc(Cl)cc1Cl. The maximum absolute atomic E-state index is 10.2. The number of carboxylic acid groups (broad SMARTS) is 1. The lowest BCUT2D eigenvalue weighted by molar-refractivity contribution is -0.131. The molecule has 0 radical (unpaired) electrons. The molecule has 1 heterocycles. The maximum Gasteiger partial charge on any atom is 0.328 e. The van der Waals surface area contributed by atoms with E-state index < -0.39 is 5.97 Å². The minimum absolute atomic E-state index is 0.275. The second-order valence-corrected chi connectivity index (χ2v) is 2.99. The highest BCUT2D eigenvalue weighted by atomic mass is 35.5. The largest absolute Gasteiger partial charge is 0.478 e. The van der Waals surface area contributed by atoms with Gasteiger partial charge in [0.1, 0.15) is 5.15 Å². The molecule has 0 bridgehead atoms. The van der Waals surface area contributed by atoms with Crippen molar-refractivity contribution < 1.29 is 9.90 Å². The van der Waals surface area contributed by atoms with Crippen molar-refractivity contribution in [2.45, 2.75) is 0 Å². The summed E-state index contributed by atoms with van der Waals surface area (Å²) in [5, 5.41) is 8.99. The van der Waals surface area contributed by atoms with Gasteiger partial charge in [-0.1, -0.05) is 23.2 Å². The monoisotopic (exact) mass is 217 g/mol. The molecular weight excluding hydrogens is 213 g/mol. The van der Waals surface area contributed by atoms with Crippen LogP contribution in [0.25, 0.3) is 6.08 Å². The lowest BCUT2D eigenvalue weighted by atomic mass is 10.2. The highest BCUT2D eigenvalue weighted by Gasteiger charge is 1.98. The molecule has 0 spiro atoms. The molecule has 0 unspecified atom stereocenters. The van der Waals surface area contributed by atoms with Crippen molar-refractivity contribution in [1.29, 1.82) is 0 Å². The summed E-state index contributed by atoms with van der Waals surface area (Å²) in [6.07, 6.45) is 3.74. The number of hydrogen-bond donors (Lipinski definition) is 1. The molecular formula is C8H5Cl2NO2. The highest BCUT2D eigenvalue weighted by molar-refractivity contribution is 6.34. The molecule has 0 aliphatic rings. The van der Waals surface area contributed by atoms with E-state index in [1.807, 2.05) is 0 Å². The standard InChI is InChI=1S/C8H5Cl2NO2/c9-6-3-7(10)11-4-5(6)1-2-8(12)13/h1-4H,(H,12,13). The number of nitrogens with zero attached hydrogens (tertiary/aromatic N) is 1. The highest BCUT2D eigenvalue weighted by Crippen LogP contribution is 2.19. The van der Waals surface area contributed by atoms with Gasteiger partial charge in [-0.25, -0.2) is 9.78 Å². The van der Waals surface area contributed by atoms with Crippen molar-refractivity contribution in [3.63, 3.8) is 0 Å². The molecule has 1 aromatic heterocycles. The van der Waals surface area contributed by atoms with Crippen molar-refractivity contribution in [3.05, 3.63) is 34.1 Å². The molecule has 68 valence electrons. The predicted molar refractivity (Wildman–Crippen MR) is 50.9 cm³/mol. The Labute approximate surface area is 84.6 Å². The van der Waals surface area contributed by atoms with Crippen LogP contribution in [0.4, 0.5) is 0 Å². The average molecular weight is 218 g/mol. The van der Waals surface area contributed by atoms with Crippen LogP contribution in [-0.4, -0.2) is 16.1 Å². The van der Waals surface area contributed by atoms with Gasteiger partial charge in [-0.05, 0) is 12.1 Å². The zero-order valence-electron chi connectivity index (χ0n) is 6.37. The Kier molecular flexibility index (Phi) is 3.28. The number of halogens is 2. The third-order valence-corrected chi connectivity index (χ3v) is 1.79. The van der Waals surface area contributed by atoms with Gasteiger partial charge in [0.2, 0.25) is 0 Å². The molecule has 0 amide bonds. The van der Waals surface area contributed by atoms with Gasteiger partial charge in [0.05, 0.1) is 5.02 Å². The second-order valence-electron chi connectivity index (χ2n) is 2.20. The van der Waals surface area contributed by atoms with Gasteiger partial charge < -0.3 is 5.11 Å². The van der Waals surface area contributed by atoms with E-state index in [0.717, 1.165) is 6.08 Å². The van der Waals surface area contributed by atoms with Crippen LogP contribution in [0.2, 0.25) is 10.2 Å². The summed E-state index contributed by atoms with van der Waals surface area (Å²) >= 11 is 11.3. The van der Waals surface area contributed by atoms with Crippen LogP contribution < -0.4 is 0 Å². The van der Waals surface area contributed by atoms with Gasteiger partial charge in [0.15, 0.2) is 0 Å². The summed E-state index contributed by atoms with van der Waals surface area (Å²) in [5.41, 5.74) is 0.522. The fourth-order valence-electron chi connectivity index (χ4n) is 0.702. The van der Waals surface area contributed by atoms with E-state index >= 15 is 0 Å². The smallest absolute Gasteiger partial charge is 0.328 e. The first-order valence-electron chi connectivity index (χ1n) is 3.31. The van der Waals surface area contributed by atoms with Crippen LogP contribution in [0.15, 0.2) is 18.3 Å². The summed E-state index contributed by atoms with van der Waals surface area (Å²) < 4.78 is 0. The first-order chi connectivity index (χ1) is 6.09. The zero-order chi connectivity index (χ0) is 9.84. The van der Waals surface area contributed by atoms with E-state index in [1.165, 1.54) is 18.3 Å². The van der Waals surface area contributed by atoms with Gasteiger partial charge >= 0.3 is 5.97 Å². The van der Waals surface area contributed by atoms with Crippen molar-refractivity contribution in [1.82, 2.24) is 4.98 Å². The number of carboxylic acids is 1.